The standard InChI is InChI=1S/C8H6F3N3O/c9-8(10,11)1-2-15-7-5-13-6(3-12)4-14-7/h4-5H,1-2H2. The molecule has 0 aliphatic carbocycles. The number of ether oxygens (including phenoxy) is 1. The Bertz CT molecular complexity index is 355. The van der Waals surface area contributed by atoms with Crippen LogP contribution < -0.4 is 4.74 Å². The molecular weight excluding hydrogens is 211 g/mol. The van der Waals surface area contributed by atoms with Crippen LogP contribution in [0.5, 0.6) is 5.88 Å². The van der Waals surface area contributed by atoms with Crippen LogP contribution in [-0.4, -0.2) is 22.8 Å². The summed E-state index contributed by atoms with van der Waals surface area (Å²) in [6.07, 6.45) is -3.06. The minimum absolute atomic E-state index is 0.0294. The zero-order chi connectivity index (χ0) is 11.3. The van der Waals surface area contributed by atoms with E-state index in [1.54, 1.807) is 6.07 Å². The highest BCUT2D eigenvalue weighted by Crippen LogP contribution is 2.19. The number of nitriles is 1. The number of hydrogen-bond donors (Lipinski definition) is 0. The van der Waals surface area contributed by atoms with Crippen LogP contribution in [0.25, 0.3) is 0 Å². The van der Waals surface area contributed by atoms with E-state index < -0.39 is 19.2 Å². The molecule has 1 aromatic heterocycles. The molecule has 1 heterocycles. The van der Waals surface area contributed by atoms with Crippen molar-refractivity contribution in [3.63, 3.8) is 0 Å². The molecule has 15 heavy (non-hydrogen) atoms. The Morgan fingerprint density at radius 2 is 2.07 bits per heavy atom. The normalized spacial score (nSPS) is 10.8. The lowest BCUT2D eigenvalue weighted by Crippen LogP contribution is -2.13. The minimum Gasteiger partial charge on any atom is -0.476 e. The average Bonchev–Trinajstić information content (AvgIpc) is 2.17. The molecule has 0 unspecified atom stereocenters. The summed E-state index contributed by atoms with van der Waals surface area (Å²) in [5.41, 5.74) is 0.0816. The Hall–Kier alpha value is -1.84. The van der Waals surface area contributed by atoms with E-state index >= 15 is 0 Å². The summed E-state index contributed by atoms with van der Waals surface area (Å²) in [6.45, 7) is -0.510. The number of hydrogen-bond acceptors (Lipinski definition) is 4. The second-order valence-corrected chi connectivity index (χ2v) is 2.57. The largest absolute Gasteiger partial charge is 0.476 e. The fourth-order valence-electron chi connectivity index (χ4n) is 0.720. The van der Waals surface area contributed by atoms with E-state index in [2.05, 4.69) is 14.7 Å². The quantitative estimate of drug-likeness (QED) is 0.772. The van der Waals surface area contributed by atoms with Gasteiger partial charge in [-0.05, 0) is 0 Å². The number of halogens is 3. The molecule has 0 N–H and O–H groups in total. The summed E-state index contributed by atoms with van der Waals surface area (Å²) in [4.78, 5) is 7.18. The third-order valence-corrected chi connectivity index (χ3v) is 1.38. The topological polar surface area (TPSA) is 58.8 Å². The summed E-state index contributed by atoms with van der Waals surface area (Å²) >= 11 is 0. The molecule has 0 fully saturated rings. The van der Waals surface area contributed by atoms with Crippen molar-refractivity contribution in [2.75, 3.05) is 6.61 Å². The SMILES string of the molecule is N#Cc1cnc(OCCC(F)(F)F)cn1. The first-order valence-corrected chi connectivity index (χ1v) is 3.93. The van der Waals surface area contributed by atoms with Crippen LogP contribution in [-0.2, 0) is 0 Å². The van der Waals surface area contributed by atoms with Gasteiger partial charge >= 0.3 is 6.18 Å². The molecule has 7 heteroatoms. The van der Waals surface area contributed by atoms with Crippen LogP contribution in [0.15, 0.2) is 12.4 Å². The molecule has 0 bridgehead atoms. The fourth-order valence-corrected chi connectivity index (χ4v) is 0.720. The van der Waals surface area contributed by atoms with Crippen molar-refractivity contribution in [3.05, 3.63) is 18.1 Å². The van der Waals surface area contributed by atoms with Gasteiger partial charge < -0.3 is 4.74 Å². The zero-order valence-corrected chi connectivity index (χ0v) is 7.45. The Morgan fingerprint density at radius 3 is 2.53 bits per heavy atom. The number of rotatable bonds is 3. The molecule has 0 aliphatic heterocycles. The van der Waals surface area contributed by atoms with Gasteiger partial charge in [-0.1, -0.05) is 0 Å². The first kappa shape index (κ1) is 11.2. The first-order chi connectivity index (χ1) is 7.01. The van der Waals surface area contributed by atoms with Gasteiger partial charge in [0.2, 0.25) is 5.88 Å². The van der Waals surface area contributed by atoms with Gasteiger partial charge in [0.1, 0.15) is 6.07 Å². The van der Waals surface area contributed by atoms with Crippen LogP contribution in [0.2, 0.25) is 0 Å². The van der Waals surface area contributed by atoms with Gasteiger partial charge in [-0.2, -0.15) is 18.4 Å². The first-order valence-electron chi connectivity index (χ1n) is 3.93. The second-order valence-electron chi connectivity index (χ2n) is 2.57. The number of alkyl halides is 3. The third kappa shape index (κ3) is 4.26. The van der Waals surface area contributed by atoms with Crippen LogP contribution in [0.1, 0.15) is 12.1 Å². The average molecular weight is 217 g/mol. The van der Waals surface area contributed by atoms with E-state index in [0.717, 1.165) is 12.4 Å². The highest BCUT2D eigenvalue weighted by atomic mass is 19.4. The molecular formula is C8H6F3N3O. The van der Waals surface area contributed by atoms with Crippen molar-refractivity contribution in [1.82, 2.24) is 9.97 Å². The van der Waals surface area contributed by atoms with Gasteiger partial charge in [0.15, 0.2) is 5.69 Å². The maximum absolute atomic E-state index is 11.7. The molecule has 0 aliphatic rings. The maximum atomic E-state index is 11.7. The van der Waals surface area contributed by atoms with E-state index in [-0.39, 0.29) is 11.6 Å². The van der Waals surface area contributed by atoms with E-state index in [1.165, 1.54) is 0 Å². The van der Waals surface area contributed by atoms with E-state index in [1.807, 2.05) is 0 Å². The molecule has 1 rings (SSSR count). The van der Waals surface area contributed by atoms with Gasteiger partial charge in [-0.25, -0.2) is 9.97 Å². The molecule has 0 saturated heterocycles. The molecule has 4 nitrogen and oxygen atoms in total. The summed E-state index contributed by atoms with van der Waals surface area (Å²) in [5.74, 6) is -0.0294. The van der Waals surface area contributed by atoms with Crippen LogP contribution >= 0.6 is 0 Å². The van der Waals surface area contributed by atoms with Gasteiger partial charge in [-0.3, -0.25) is 0 Å². The highest BCUT2D eigenvalue weighted by Gasteiger charge is 2.26. The van der Waals surface area contributed by atoms with Crippen molar-refractivity contribution in [1.29, 1.82) is 5.26 Å². The Kier molecular flexibility index (Phi) is 3.44. The van der Waals surface area contributed by atoms with Crippen LogP contribution in [0.3, 0.4) is 0 Å². The van der Waals surface area contributed by atoms with Crippen molar-refractivity contribution < 1.29 is 17.9 Å². The highest BCUT2D eigenvalue weighted by molar-refractivity contribution is 5.18. The minimum atomic E-state index is -4.25. The maximum Gasteiger partial charge on any atom is 0.392 e. The van der Waals surface area contributed by atoms with E-state index in [0.29, 0.717) is 0 Å². The Labute approximate surface area is 83.3 Å². The fraction of sp³-hybridized carbons (Fsp3) is 0.375. The number of nitrogens with zero attached hydrogens (tertiary/aromatic N) is 3. The summed E-state index contributed by atoms with van der Waals surface area (Å²) < 4.78 is 39.8. The van der Waals surface area contributed by atoms with Crippen molar-refractivity contribution in [2.24, 2.45) is 0 Å². The van der Waals surface area contributed by atoms with E-state index in [4.69, 9.17) is 5.26 Å². The van der Waals surface area contributed by atoms with Gasteiger partial charge in [0.05, 0.1) is 25.4 Å². The van der Waals surface area contributed by atoms with Crippen molar-refractivity contribution in [3.8, 4) is 11.9 Å². The summed E-state index contributed by atoms with van der Waals surface area (Å²) in [5, 5.41) is 8.37. The molecule has 0 atom stereocenters. The molecule has 0 radical (unpaired) electrons. The van der Waals surface area contributed by atoms with E-state index in [9.17, 15) is 13.2 Å². The lowest BCUT2D eigenvalue weighted by atomic mass is 10.4. The van der Waals surface area contributed by atoms with Crippen LogP contribution in [0, 0.1) is 11.3 Å². The lowest BCUT2D eigenvalue weighted by molar-refractivity contribution is -0.139. The van der Waals surface area contributed by atoms with Gasteiger partial charge in [0, 0.05) is 0 Å². The second kappa shape index (κ2) is 4.59. The Morgan fingerprint density at radius 1 is 1.33 bits per heavy atom. The van der Waals surface area contributed by atoms with Gasteiger partial charge in [-0.15, -0.1) is 0 Å². The summed E-state index contributed by atoms with van der Waals surface area (Å²) in [7, 11) is 0. The van der Waals surface area contributed by atoms with Crippen LogP contribution in [0.4, 0.5) is 13.2 Å². The lowest BCUT2D eigenvalue weighted by Gasteiger charge is -2.06. The molecule has 80 valence electrons. The molecule has 0 spiro atoms. The monoisotopic (exact) mass is 217 g/mol. The summed E-state index contributed by atoms with van der Waals surface area (Å²) in [6, 6.07) is 1.73. The third-order valence-electron chi connectivity index (χ3n) is 1.38. The molecule has 0 amide bonds. The van der Waals surface area contributed by atoms with Crippen molar-refractivity contribution in [2.45, 2.75) is 12.6 Å². The zero-order valence-electron chi connectivity index (χ0n) is 7.45. The number of aromatic nitrogens is 2. The smallest absolute Gasteiger partial charge is 0.392 e. The molecule has 0 aromatic carbocycles. The predicted octanol–water partition coefficient (Wildman–Crippen LogP) is 1.68. The van der Waals surface area contributed by atoms with Gasteiger partial charge in [0.25, 0.3) is 0 Å². The molecule has 0 saturated carbocycles. The van der Waals surface area contributed by atoms with Crippen molar-refractivity contribution >= 4 is 0 Å². The Balaban J connectivity index is 2.42. The molecule has 1 aromatic rings. The predicted molar refractivity (Wildman–Crippen MR) is 42.9 cm³/mol.